The van der Waals surface area contributed by atoms with Gasteiger partial charge in [0.25, 0.3) is 15.2 Å². The largest absolute Gasteiger partial charge is 0.278 e. The number of nitrogens with zero attached hydrogens (tertiary/aromatic N) is 3. The van der Waals surface area contributed by atoms with Crippen LogP contribution in [0.3, 0.4) is 0 Å². The maximum atomic E-state index is 12.5. The van der Waals surface area contributed by atoms with Gasteiger partial charge in [-0.15, -0.1) is 0 Å². The zero-order valence-electron chi connectivity index (χ0n) is 12.1. The van der Waals surface area contributed by atoms with E-state index in [4.69, 9.17) is 0 Å². The summed E-state index contributed by atoms with van der Waals surface area (Å²) in [5.74, 6) is 0. The van der Waals surface area contributed by atoms with E-state index in [9.17, 15) is 8.42 Å². The first kappa shape index (κ1) is 14.7. The Balaban J connectivity index is 1.91. The second kappa shape index (κ2) is 5.86. The first-order valence-electron chi connectivity index (χ1n) is 6.94. The lowest BCUT2D eigenvalue weighted by molar-refractivity contribution is 0.419. The third kappa shape index (κ3) is 2.72. The summed E-state index contributed by atoms with van der Waals surface area (Å²) >= 11 is 0. The lowest BCUT2D eigenvalue weighted by Gasteiger charge is -2.19. The highest BCUT2D eigenvalue weighted by molar-refractivity contribution is 7.88. The first-order valence-corrected chi connectivity index (χ1v) is 8.38. The minimum Gasteiger partial charge on any atom is -0.249 e. The standard InChI is InChI=1S/C15H16N4O2S/c1-2-19(22(20,21)15-16-11-17-18-15)10-12-7-8-13-5-3-4-6-14(13)9-12/h3-9,11H,2,10H2,1H3,(H,16,17,18). The number of H-pyrrole nitrogens is 1. The van der Waals surface area contributed by atoms with E-state index in [0.29, 0.717) is 13.1 Å². The molecule has 0 bridgehead atoms. The van der Waals surface area contributed by atoms with Gasteiger partial charge in [-0.1, -0.05) is 43.3 Å². The zero-order chi connectivity index (χ0) is 15.6. The molecule has 0 aliphatic heterocycles. The number of nitrogens with one attached hydrogen (secondary N) is 1. The lowest BCUT2D eigenvalue weighted by Crippen LogP contribution is -2.31. The van der Waals surface area contributed by atoms with E-state index in [0.717, 1.165) is 16.3 Å². The number of hydrogen-bond acceptors (Lipinski definition) is 4. The van der Waals surface area contributed by atoms with Gasteiger partial charge in [0, 0.05) is 13.1 Å². The van der Waals surface area contributed by atoms with Crippen LogP contribution in [0.5, 0.6) is 0 Å². The summed E-state index contributed by atoms with van der Waals surface area (Å²) in [6, 6.07) is 13.9. The first-order chi connectivity index (χ1) is 10.6. The van der Waals surface area contributed by atoms with Crippen LogP contribution in [0.1, 0.15) is 12.5 Å². The molecule has 0 saturated carbocycles. The molecule has 2 aromatic carbocycles. The van der Waals surface area contributed by atoms with E-state index in [-0.39, 0.29) is 5.16 Å². The van der Waals surface area contributed by atoms with Crippen LogP contribution in [0, 0.1) is 0 Å². The molecule has 1 N–H and O–H groups in total. The van der Waals surface area contributed by atoms with E-state index >= 15 is 0 Å². The smallest absolute Gasteiger partial charge is 0.249 e. The van der Waals surface area contributed by atoms with Crippen molar-refractivity contribution in [2.45, 2.75) is 18.6 Å². The maximum Gasteiger partial charge on any atom is 0.278 e. The molecule has 0 fully saturated rings. The van der Waals surface area contributed by atoms with Crippen molar-refractivity contribution in [3.8, 4) is 0 Å². The van der Waals surface area contributed by atoms with Crippen molar-refractivity contribution in [3.05, 3.63) is 54.4 Å². The van der Waals surface area contributed by atoms with Crippen LogP contribution in [-0.2, 0) is 16.6 Å². The molecular formula is C15H16N4O2S. The van der Waals surface area contributed by atoms with Crippen LogP contribution in [0.4, 0.5) is 0 Å². The van der Waals surface area contributed by atoms with Crippen molar-refractivity contribution in [1.82, 2.24) is 19.5 Å². The summed E-state index contributed by atoms with van der Waals surface area (Å²) in [4.78, 5) is 3.75. The van der Waals surface area contributed by atoms with Gasteiger partial charge >= 0.3 is 0 Å². The lowest BCUT2D eigenvalue weighted by atomic mass is 10.1. The van der Waals surface area contributed by atoms with E-state index < -0.39 is 10.0 Å². The summed E-state index contributed by atoms with van der Waals surface area (Å²) in [5, 5.41) is 8.12. The fourth-order valence-corrected chi connectivity index (χ4v) is 3.60. The molecule has 3 rings (SSSR count). The number of sulfonamides is 1. The molecule has 0 amide bonds. The SMILES string of the molecule is CCN(Cc1ccc2ccccc2c1)S(=O)(=O)c1ncn[nH]1. The molecule has 0 aliphatic rings. The Morgan fingerprint density at radius 3 is 2.59 bits per heavy atom. The predicted molar refractivity (Wildman–Crippen MR) is 83.6 cm³/mol. The Hall–Kier alpha value is -2.25. The minimum atomic E-state index is -3.66. The third-order valence-electron chi connectivity index (χ3n) is 3.50. The molecule has 0 spiro atoms. The highest BCUT2D eigenvalue weighted by Crippen LogP contribution is 2.19. The molecule has 6 nitrogen and oxygen atoms in total. The Morgan fingerprint density at radius 1 is 1.14 bits per heavy atom. The van der Waals surface area contributed by atoms with Gasteiger partial charge in [-0.3, -0.25) is 0 Å². The molecule has 114 valence electrons. The van der Waals surface area contributed by atoms with Gasteiger partial charge in [-0.2, -0.15) is 9.40 Å². The number of aromatic amines is 1. The molecule has 1 heterocycles. The van der Waals surface area contributed by atoms with E-state index in [2.05, 4.69) is 15.2 Å². The third-order valence-corrected chi connectivity index (χ3v) is 5.26. The van der Waals surface area contributed by atoms with Crippen molar-refractivity contribution < 1.29 is 8.42 Å². The van der Waals surface area contributed by atoms with Crippen molar-refractivity contribution in [3.63, 3.8) is 0 Å². The van der Waals surface area contributed by atoms with Crippen LogP contribution in [-0.4, -0.2) is 34.4 Å². The van der Waals surface area contributed by atoms with Gasteiger partial charge in [0.15, 0.2) is 0 Å². The molecule has 7 heteroatoms. The van der Waals surface area contributed by atoms with Gasteiger partial charge in [0.1, 0.15) is 6.33 Å². The summed E-state index contributed by atoms with van der Waals surface area (Å²) in [7, 11) is -3.66. The van der Waals surface area contributed by atoms with Crippen molar-refractivity contribution in [2.24, 2.45) is 0 Å². The number of benzene rings is 2. The molecule has 0 aliphatic carbocycles. The summed E-state index contributed by atoms with van der Waals surface area (Å²) in [5.41, 5.74) is 0.934. The van der Waals surface area contributed by atoms with Gasteiger partial charge in [0.05, 0.1) is 0 Å². The number of hydrogen-bond donors (Lipinski definition) is 1. The van der Waals surface area contributed by atoms with Gasteiger partial charge in [-0.25, -0.2) is 18.5 Å². The summed E-state index contributed by atoms with van der Waals surface area (Å²) in [6.07, 6.45) is 1.19. The molecule has 0 radical (unpaired) electrons. The topological polar surface area (TPSA) is 79.0 Å². The average Bonchev–Trinajstić information content (AvgIpc) is 3.07. The molecular weight excluding hydrogens is 300 g/mol. The molecule has 22 heavy (non-hydrogen) atoms. The molecule has 0 saturated heterocycles. The van der Waals surface area contributed by atoms with Gasteiger partial charge in [0.2, 0.25) is 0 Å². The maximum absolute atomic E-state index is 12.5. The van der Waals surface area contributed by atoms with Gasteiger partial charge in [-0.05, 0) is 22.4 Å². The Bertz CT molecular complexity index is 875. The second-order valence-electron chi connectivity index (χ2n) is 4.90. The summed E-state index contributed by atoms with van der Waals surface area (Å²) in [6.45, 7) is 2.45. The van der Waals surface area contributed by atoms with Crippen molar-refractivity contribution >= 4 is 20.8 Å². The number of aromatic nitrogens is 3. The Labute approximate surface area is 128 Å². The second-order valence-corrected chi connectivity index (χ2v) is 6.76. The quantitative estimate of drug-likeness (QED) is 0.782. The molecule has 0 atom stereocenters. The van der Waals surface area contributed by atoms with E-state index in [1.165, 1.54) is 10.6 Å². The minimum absolute atomic E-state index is 0.130. The van der Waals surface area contributed by atoms with Crippen molar-refractivity contribution in [1.29, 1.82) is 0 Å². The molecule has 3 aromatic rings. The molecule has 1 aromatic heterocycles. The molecule has 0 unspecified atom stereocenters. The van der Waals surface area contributed by atoms with Crippen LogP contribution in [0.15, 0.2) is 53.9 Å². The zero-order valence-corrected chi connectivity index (χ0v) is 12.9. The fraction of sp³-hybridized carbons (Fsp3) is 0.200. The Kier molecular flexibility index (Phi) is 3.91. The number of fused-ring (bicyclic) bond motifs is 1. The van der Waals surface area contributed by atoms with Crippen LogP contribution < -0.4 is 0 Å². The van der Waals surface area contributed by atoms with E-state index in [1.807, 2.05) is 42.5 Å². The van der Waals surface area contributed by atoms with Gasteiger partial charge < -0.3 is 0 Å². The average molecular weight is 316 g/mol. The van der Waals surface area contributed by atoms with Crippen LogP contribution in [0.25, 0.3) is 10.8 Å². The number of rotatable bonds is 5. The summed E-state index contributed by atoms with van der Waals surface area (Å²) < 4.78 is 26.3. The van der Waals surface area contributed by atoms with Crippen LogP contribution >= 0.6 is 0 Å². The fourth-order valence-electron chi connectivity index (χ4n) is 2.35. The van der Waals surface area contributed by atoms with E-state index in [1.54, 1.807) is 6.92 Å². The highest BCUT2D eigenvalue weighted by atomic mass is 32.2. The van der Waals surface area contributed by atoms with Crippen molar-refractivity contribution in [2.75, 3.05) is 6.54 Å². The highest BCUT2D eigenvalue weighted by Gasteiger charge is 2.26. The predicted octanol–water partition coefficient (Wildman–Crippen LogP) is 2.17. The Morgan fingerprint density at radius 2 is 1.91 bits per heavy atom. The normalized spacial score (nSPS) is 12.1. The van der Waals surface area contributed by atoms with Crippen LogP contribution in [0.2, 0.25) is 0 Å². The monoisotopic (exact) mass is 316 g/mol.